The number of carbonyl (C=O) groups excluding carboxylic acids is 1. The highest BCUT2D eigenvalue weighted by Crippen LogP contribution is 2.32. The summed E-state index contributed by atoms with van der Waals surface area (Å²) < 4.78 is 6.15. The number of aliphatic carboxylic acids is 1. The summed E-state index contributed by atoms with van der Waals surface area (Å²) in [4.78, 5) is 27.8. The van der Waals surface area contributed by atoms with Crippen LogP contribution in [-0.2, 0) is 22.7 Å². The van der Waals surface area contributed by atoms with Crippen molar-refractivity contribution in [1.82, 2.24) is 10.2 Å². The molecule has 0 spiro atoms. The summed E-state index contributed by atoms with van der Waals surface area (Å²) in [6, 6.07) is 23.6. The summed E-state index contributed by atoms with van der Waals surface area (Å²) >= 11 is 3.47. The highest BCUT2D eigenvalue weighted by Gasteiger charge is 2.32. The normalized spacial score (nSPS) is 17.8. The first kappa shape index (κ1) is 31.2. The van der Waals surface area contributed by atoms with E-state index in [1.807, 2.05) is 79.5 Å². The van der Waals surface area contributed by atoms with E-state index >= 15 is 0 Å². The number of carboxylic acids is 1. The van der Waals surface area contributed by atoms with Gasteiger partial charge in [-0.1, -0.05) is 60.7 Å². The molecule has 6 nitrogen and oxygen atoms in total. The number of thioether (sulfide) groups is 2. The lowest BCUT2D eigenvalue weighted by Gasteiger charge is -2.25. The second-order valence-corrected chi connectivity index (χ2v) is 12.6. The Balaban J connectivity index is 1.55. The summed E-state index contributed by atoms with van der Waals surface area (Å²) in [6.07, 6.45) is 5.55. The Hall–Kier alpha value is -2.78. The molecule has 3 aromatic carbocycles. The predicted molar refractivity (Wildman–Crippen MR) is 171 cm³/mol. The lowest BCUT2D eigenvalue weighted by molar-refractivity contribution is -0.139. The van der Waals surface area contributed by atoms with E-state index in [2.05, 4.69) is 34.7 Å². The maximum absolute atomic E-state index is 13.4. The van der Waals surface area contributed by atoms with E-state index in [0.29, 0.717) is 42.2 Å². The van der Waals surface area contributed by atoms with Gasteiger partial charge in [0.05, 0.1) is 13.2 Å². The highest BCUT2D eigenvalue weighted by atomic mass is 32.2. The van der Waals surface area contributed by atoms with Crippen molar-refractivity contribution in [3.8, 4) is 11.1 Å². The molecule has 3 aromatic rings. The van der Waals surface area contributed by atoms with Gasteiger partial charge in [0.2, 0.25) is 0 Å². The molecule has 1 saturated heterocycles. The van der Waals surface area contributed by atoms with Gasteiger partial charge in [0.1, 0.15) is 6.04 Å². The molecular formula is C33H40N2O4S2. The van der Waals surface area contributed by atoms with Crippen LogP contribution in [0.4, 0.5) is 0 Å². The van der Waals surface area contributed by atoms with Crippen molar-refractivity contribution in [3.05, 3.63) is 95.1 Å². The Morgan fingerprint density at radius 3 is 2.49 bits per heavy atom. The third-order valence-electron chi connectivity index (χ3n) is 7.61. The molecule has 0 aliphatic carbocycles. The van der Waals surface area contributed by atoms with E-state index in [0.717, 1.165) is 41.8 Å². The Morgan fingerprint density at radius 1 is 1.02 bits per heavy atom. The van der Waals surface area contributed by atoms with E-state index in [9.17, 15) is 14.7 Å². The first-order valence-corrected chi connectivity index (χ1v) is 16.7. The molecule has 1 fully saturated rings. The molecule has 218 valence electrons. The van der Waals surface area contributed by atoms with Crippen molar-refractivity contribution in [1.29, 1.82) is 0 Å². The number of aryl methyl sites for hydroxylation is 1. The number of nitrogens with one attached hydrogen (secondary N) is 1. The van der Waals surface area contributed by atoms with Crippen LogP contribution < -0.4 is 5.32 Å². The van der Waals surface area contributed by atoms with E-state index in [1.165, 1.54) is 5.56 Å². The van der Waals surface area contributed by atoms with Gasteiger partial charge < -0.3 is 15.2 Å². The SMILES string of the molecule is CSCC[C@H](NC(=O)c1ccc(CN2C[C@@H](SC)CC2COCc2ccccc2)cc1-c1ccccc1C)C(=O)O. The van der Waals surface area contributed by atoms with Crippen molar-refractivity contribution in [2.45, 2.75) is 50.3 Å². The lowest BCUT2D eigenvalue weighted by Crippen LogP contribution is -2.41. The summed E-state index contributed by atoms with van der Waals surface area (Å²) in [7, 11) is 0. The van der Waals surface area contributed by atoms with Crippen LogP contribution in [0.3, 0.4) is 0 Å². The second kappa shape index (κ2) is 15.4. The van der Waals surface area contributed by atoms with Crippen LogP contribution in [0.2, 0.25) is 0 Å². The number of carbonyl (C=O) groups is 2. The molecule has 1 amide bonds. The van der Waals surface area contributed by atoms with Gasteiger partial charge in [-0.3, -0.25) is 9.69 Å². The fraction of sp³-hybridized carbons (Fsp3) is 0.394. The minimum absolute atomic E-state index is 0.314. The van der Waals surface area contributed by atoms with Crippen molar-refractivity contribution in [2.24, 2.45) is 0 Å². The van der Waals surface area contributed by atoms with E-state index in [-0.39, 0.29) is 5.91 Å². The van der Waals surface area contributed by atoms with E-state index in [4.69, 9.17) is 4.74 Å². The molecule has 4 rings (SSSR count). The van der Waals surface area contributed by atoms with Crippen LogP contribution >= 0.6 is 23.5 Å². The van der Waals surface area contributed by atoms with Gasteiger partial charge in [-0.2, -0.15) is 23.5 Å². The average molecular weight is 593 g/mol. The zero-order valence-corrected chi connectivity index (χ0v) is 25.7. The monoisotopic (exact) mass is 592 g/mol. The molecule has 0 bridgehead atoms. The van der Waals surface area contributed by atoms with Gasteiger partial charge in [-0.05, 0) is 78.0 Å². The molecule has 8 heteroatoms. The first-order chi connectivity index (χ1) is 19.9. The van der Waals surface area contributed by atoms with Gasteiger partial charge in [-0.15, -0.1) is 0 Å². The molecular weight excluding hydrogens is 553 g/mol. The smallest absolute Gasteiger partial charge is 0.326 e. The number of carboxylic acid groups (broad SMARTS) is 1. The Labute approximate surface area is 252 Å². The number of ether oxygens (including phenoxy) is 1. The summed E-state index contributed by atoms with van der Waals surface area (Å²) in [5.41, 5.74) is 5.64. The molecule has 1 aliphatic heterocycles. The quantitative estimate of drug-likeness (QED) is 0.234. The largest absolute Gasteiger partial charge is 0.480 e. The molecule has 0 saturated carbocycles. The first-order valence-electron chi connectivity index (χ1n) is 14.0. The molecule has 0 radical (unpaired) electrons. The third kappa shape index (κ3) is 8.61. The number of hydrogen-bond acceptors (Lipinski definition) is 6. The maximum Gasteiger partial charge on any atom is 0.326 e. The fourth-order valence-electron chi connectivity index (χ4n) is 5.31. The standard InChI is InChI=1S/C33H40N2O4S2/c1-23-9-7-8-12-28(23)30-17-25(13-14-29(30)32(36)34-31(33(37)38)15-16-40-2)19-35-20-27(41-3)18-26(35)22-39-21-24-10-5-4-6-11-24/h4-14,17,26-27,31H,15-16,18-22H2,1-3H3,(H,34,36)(H,37,38)/t26?,27-,31-/m0/s1. The number of benzene rings is 3. The number of nitrogens with zero attached hydrogens (tertiary/aromatic N) is 1. The number of amides is 1. The van der Waals surface area contributed by atoms with E-state index in [1.54, 1.807) is 11.8 Å². The zero-order chi connectivity index (χ0) is 29.2. The van der Waals surface area contributed by atoms with Crippen LogP contribution in [0.15, 0.2) is 72.8 Å². The summed E-state index contributed by atoms with van der Waals surface area (Å²) in [5, 5.41) is 13.0. The van der Waals surface area contributed by atoms with Gasteiger partial charge in [-0.25, -0.2) is 4.79 Å². The molecule has 41 heavy (non-hydrogen) atoms. The Morgan fingerprint density at radius 2 is 1.78 bits per heavy atom. The van der Waals surface area contributed by atoms with Gasteiger partial charge in [0, 0.05) is 29.9 Å². The number of likely N-dealkylation sites (tertiary alicyclic amines) is 1. The highest BCUT2D eigenvalue weighted by molar-refractivity contribution is 7.99. The fourth-order valence-corrected chi connectivity index (χ4v) is 6.54. The van der Waals surface area contributed by atoms with Crippen LogP contribution in [0.25, 0.3) is 11.1 Å². The minimum atomic E-state index is -1.01. The van der Waals surface area contributed by atoms with Crippen molar-refractivity contribution in [2.75, 3.05) is 31.4 Å². The minimum Gasteiger partial charge on any atom is -0.480 e. The number of rotatable bonds is 14. The molecule has 1 unspecified atom stereocenters. The zero-order valence-electron chi connectivity index (χ0n) is 24.0. The topological polar surface area (TPSA) is 78.9 Å². The van der Waals surface area contributed by atoms with Gasteiger partial charge in [0.25, 0.3) is 5.91 Å². The van der Waals surface area contributed by atoms with Gasteiger partial charge >= 0.3 is 5.97 Å². The van der Waals surface area contributed by atoms with Crippen LogP contribution in [-0.4, -0.2) is 70.6 Å². The molecule has 1 aliphatic rings. The maximum atomic E-state index is 13.4. The summed E-state index contributed by atoms with van der Waals surface area (Å²) in [6.45, 7) is 5.04. The van der Waals surface area contributed by atoms with Crippen LogP contribution in [0.1, 0.15) is 39.9 Å². The van der Waals surface area contributed by atoms with Crippen molar-refractivity contribution < 1.29 is 19.4 Å². The second-order valence-electron chi connectivity index (χ2n) is 10.5. The average Bonchev–Trinajstić information content (AvgIpc) is 3.37. The van der Waals surface area contributed by atoms with Crippen LogP contribution in [0, 0.1) is 6.92 Å². The molecule has 1 heterocycles. The molecule has 2 N–H and O–H groups in total. The lowest BCUT2D eigenvalue weighted by atomic mass is 9.93. The van der Waals surface area contributed by atoms with Crippen molar-refractivity contribution in [3.63, 3.8) is 0 Å². The van der Waals surface area contributed by atoms with Crippen molar-refractivity contribution >= 4 is 35.4 Å². The Bertz CT molecular complexity index is 1300. The summed E-state index contributed by atoms with van der Waals surface area (Å²) in [5.74, 6) is -0.720. The predicted octanol–water partition coefficient (Wildman–Crippen LogP) is 6.12. The van der Waals surface area contributed by atoms with Crippen LogP contribution in [0.5, 0.6) is 0 Å². The molecule has 0 aromatic heterocycles. The molecule has 3 atom stereocenters. The van der Waals surface area contributed by atoms with Gasteiger partial charge in [0.15, 0.2) is 0 Å². The van der Waals surface area contributed by atoms with E-state index < -0.39 is 12.0 Å². The third-order valence-corrected chi connectivity index (χ3v) is 9.26. The Kier molecular flexibility index (Phi) is 11.7. The number of hydrogen-bond donors (Lipinski definition) is 2.